The summed E-state index contributed by atoms with van der Waals surface area (Å²) in [6.45, 7) is 7.21. The van der Waals surface area contributed by atoms with E-state index in [1.54, 1.807) is 13.0 Å². The monoisotopic (exact) mass is 355 g/mol. The highest BCUT2D eigenvalue weighted by atomic mass is 16.5. The third-order valence-electron chi connectivity index (χ3n) is 4.86. The van der Waals surface area contributed by atoms with Crippen LogP contribution in [0.15, 0.2) is 34.9 Å². The average Bonchev–Trinajstić information content (AvgIpc) is 3.06. The van der Waals surface area contributed by atoms with Crippen LogP contribution in [0.3, 0.4) is 0 Å². The summed E-state index contributed by atoms with van der Waals surface area (Å²) in [6.07, 6.45) is 1.30. The Labute approximate surface area is 153 Å². The number of nitrogens with zero attached hydrogens (tertiary/aromatic N) is 2. The van der Waals surface area contributed by atoms with E-state index in [1.807, 2.05) is 29.2 Å². The smallest absolute Gasteiger partial charge is 0.253 e. The van der Waals surface area contributed by atoms with Gasteiger partial charge in [-0.1, -0.05) is 31.1 Å². The van der Waals surface area contributed by atoms with Gasteiger partial charge in [0.25, 0.3) is 5.91 Å². The van der Waals surface area contributed by atoms with Crippen molar-refractivity contribution < 1.29 is 14.1 Å². The number of aromatic nitrogens is 1. The number of piperidine rings is 1. The maximum Gasteiger partial charge on any atom is 0.253 e. The van der Waals surface area contributed by atoms with Crippen LogP contribution >= 0.6 is 0 Å². The number of rotatable bonds is 4. The Kier molecular flexibility index (Phi) is 5.40. The number of amides is 2. The number of likely N-dealkylation sites (tertiary alicyclic amines) is 1. The van der Waals surface area contributed by atoms with Crippen LogP contribution in [0, 0.1) is 12.8 Å². The van der Waals surface area contributed by atoms with Crippen LogP contribution in [-0.4, -0.2) is 35.0 Å². The zero-order valence-corrected chi connectivity index (χ0v) is 15.5. The Morgan fingerprint density at radius 3 is 2.38 bits per heavy atom. The summed E-state index contributed by atoms with van der Waals surface area (Å²) < 4.78 is 4.96. The van der Waals surface area contributed by atoms with Gasteiger partial charge in [0.05, 0.1) is 0 Å². The second-order valence-electron chi connectivity index (χ2n) is 7.16. The molecule has 6 nitrogen and oxygen atoms in total. The lowest BCUT2D eigenvalue weighted by atomic mass is 9.95. The van der Waals surface area contributed by atoms with Crippen molar-refractivity contribution >= 4 is 17.6 Å². The highest BCUT2D eigenvalue weighted by molar-refractivity contribution is 5.95. The van der Waals surface area contributed by atoms with Gasteiger partial charge in [-0.05, 0) is 43.4 Å². The van der Waals surface area contributed by atoms with Crippen molar-refractivity contribution in [2.45, 2.75) is 39.5 Å². The van der Waals surface area contributed by atoms with Gasteiger partial charge in [0.1, 0.15) is 5.76 Å². The minimum atomic E-state index is -0.112. The summed E-state index contributed by atoms with van der Waals surface area (Å²) in [5.41, 5.74) is 1.93. The zero-order chi connectivity index (χ0) is 18.7. The molecule has 1 saturated heterocycles. The van der Waals surface area contributed by atoms with Gasteiger partial charge >= 0.3 is 0 Å². The van der Waals surface area contributed by atoms with Crippen LogP contribution in [-0.2, 0) is 4.79 Å². The fraction of sp³-hybridized carbons (Fsp3) is 0.450. The van der Waals surface area contributed by atoms with Gasteiger partial charge in [0.2, 0.25) is 5.91 Å². The number of carbonyl (C=O) groups excluding carboxylic acids is 2. The van der Waals surface area contributed by atoms with Crippen molar-refractivity contribution in [1.82, 2.24) is 10.1 Å². The van der Waals surface area contributed by atoms with Gasteiger partial charge in [-0.2, -0.15) is 0 Å². The molecule has 26 heavy (non-hydrogen) atoms. The van der Waals surface area contributed by atoms with E-state index in [1.165, 1.54) is 5.56 Å². The normalized spacial score (nSPS) is 15.3. The summed E-state index contributed by atoms with van der Waals surface area (Å²) in [7, 11) is 0. The first-order valence-corrected chi connectivity index (χ1v) is 9.07. The van der Waals surface area contributed by atoms with Crippen molar-refractivity contribution in [1.29, 1.82) is 0 Å². The summed E-state index contributed by atoms with van der Waals surface area (Å²) in [4.78, 5) is 26.8. The maximum absolute atomic E-state index is 12.7. The minimum Gasteiger partial charge on any atom is -0.360 e. The van der Waals surface area contributed by atoms with Crippen molar-refractivity contribution in [3.05, 3.63) is 47.2 Å². The van der Waals surface area contributed by atoms with E-state index in [9.17, 15) is 9.59 Å². The Morgan fingerprint density at radius 2 is 1.85 bits per heavy atom. The number of carbonyl (C=O) groups is 2. The van der Waals surface area contributed by atoms with Gasteiger partial charge in [-0.3, -0.25) is 9.59 Å². The van der Waals surface area contributed by atoms with E-state index in [4.69, 9.17) is 4.52 Å². The van der Waals surface area contributed by atoms with Crippen molar-refractivity contribution in [2.24, 2.45) is 5.92 Å². The second kappa shape index (κ2) is 7.72. The van der Waals surface area contributed by atoms with Gasteiger partial charge in [-0.15, -0.1) is 0 Å². The van der Waals surface area contributed by atoms with Crippen LogP contribution in [0.1, 0.15) is 54.3 Å². The summed E-state index contributed by atoms with van der Waals surface area (Å²) in [5.74, 6) is 1.40. The van der Waals surface area contributed by atoms with Crippen molar-refractivity contribution in [2.75, 3.05) is 18.4 Å². The predicted molar refractivity (Wildman–Crippen MR) is 99.0 cm³/mol. The molecule has 1 aliphatic heterocycles. The molecule has 3 rings (SSSR count). The number of aryl methyl sites for hydroxylation is 1. The van der Waals surface area contributed by atoms with E-state index >= 15 is 0 Å². The molecule has 1 aromatic heterocycles. The molecule has 1 aromatic carbocycles. The van der Waals surface area contributed by atoms with Gasteiger partial charge < -0.3 is 14.7 Å². The second-order valence-corrected chi connectivity index (χ2v) is 7.16. The molecule has 0 spiro atoms. The van der Waals surface area contributed by atoms with E-state index in [0.29, 0.717) is 49.0 Å². The number of hydrogen-bond acceptors (Lipinski definition) is 4. The predicted octanol–water partition coefficient (Wildman–Crippen LogP) is 3.60. The standard InChI is InChI=1S/C20H25N3O3/c1-13(2)15-4-6-17(7-5-15)20(25)23-10-8-16(9-11-23)19(24)21-18-12-14(3)26-22-18/h4-7,12-13,16H,8-11H2,1-3H3,(H,21,22,24). The van der Waals surface area contributed by atoms with Crippen LogP contribution in [0.5, 0.6) is 0 Å². The first kappa shape index (κ1) is 18.2. The molecule has 2 heterocycles. The Balaban J connectivity index is 1.54. The molecule has 0 aliphatic carbocycles. The third-order valence-corrected chi connectivity index (χ3v) is 4.86. The molecule has 0 unspecified atom stereocenters. The summed E-state index contributed by atoms with van der Waals surface area (Å²) in [6, 6.07) is 9.50. The molecule has 1 N–H and O–H groups in total. The Morgan fingerprint density at radius 1 is 1.19 bits per heavy atom. The molecule has 6 heteroatoms. The van der Waals surface area contributed by atoms with Crippen molar-refractivity contribution in [3.8, 4) is 0 Å². The fourth-order valence-corrected chi connectivity index (χ4v) is 3.19. The van der Waals surface area contributed by atoms with Crippen LogP contribution < -0.4 is 5.32 Å². The molecule has 0 saturated carbocycles. The first-order valence-electron chi connectivity index (χ1n) is 9.07. The van der Waals surface area contributed by atoms with Crippen LogP contribution in [0.2, 0.25) is 0 Å². The maximum atomic E-state index is 12.7. The van der Waals surface area contributed by atoms with E-state index in [0.717, 1.165) is 0 Å². The molecule has 2 aromatic rings. The van der Waals surface area contributed by atoms with E-state index in [-0.39, 0.29) is 17.7 Å². The zero-order valence-electron chi connectivity index (χ0n) is 15.5. The first-order chi connectivity index (χ1) is 12.4. The molecule has 138 valence electrons. The van der Waals surface area contributed by atoms with Gasteiger partial charge in [-0.25, -0.2) is 0 Å². The lowest BCUT2D eigenvalue weighted by Crippen LogP contribution is -2.41. The molecule has 0 bridgehead atoms. The van der Waals surface area contributed by atoms with E-state index in [2.05, 4.69) is 24.3 Å². The van der Waals surface area contributed by atoms with Gasteiger partial charge in [0.15, 0.2) is 5.82 Å². The lowest BCUT2D eigenvalue weighted by Gasteiger charge is -2.31. The topological polar surface area (TPSA) is 75.4 Å². The number of hydrogen-bond donors (Lipinski definition) is 1. The average molecular weight is 355 g/mol. The highest BCUT2D eigenvalue weighted by Crippen LogP contribution is 2.22. The minimum absolute atomic E-state index is 0.0336. The quantitative estimate of drug-likeness (QED) is 0.909. The molecule has 0 atom stereocenters. The van der Waals surface area contributed by atoms with Gasteiger partial charge in [0, 0.05) is 30.6 Å². The molecule has 1 aliphatic rings. The van der Waals surface area contributed by atoms with Crippen molar-refractivity contribution in [3.63, 3.8) is 0 Å². The fourth-order valence-electron chi connectivity index (χ4n) is 3.19. The largest absolute Gasteiger partial charge is 0.360 e. The van der Waals surface area contributed by atoms with Crippen LogP contribution in [0.25, 0.3) is 0 Å². The molecule has 2 amide bonds. The SMILES string of the molecule is Cc1cc(NC(=O)C2CCN(C(=O)c3ccc(C(C)C)cc3)CC2)no1. The summed E-state index contributed by atoms with van der Waals surface area (Å²) >= 11 is 0. The Hall–Kier alpha value is -2.63. The third kappa shape index (κ3) is 4.12. The Bertz CT molecular complexity index is 772. The molecular weight excluding hydrogens is 330 g/mol. The van der Waals surface area contributed by atoms with Crippen LogP contribution in [0.4, 0.5) is 5.82 Å². The molecule has 1 fully saturated rings. The van der Waals surface area contributed by atoms with E-state index < -0.39 is 0 Å². The highest BCUT2D eigenvalue weighted by Gasteiger charge is 2.28. The summed E-state index contributed by atoms with van der Waals surface area (Å²) in [5, 5.41) is 6.56. The number of nitrogens with one attached hydrogen (secondary N) is 1. The molecule has 0 radical (unpaired) electrons. The lowest BCUT2D eigenvalue weighted by molar-refractivity contribution is -0.121. The molecular formula is C20H25N3O3. The number of anilines is 1. The number of benzene rings is 1.